The molecule has 0 aliphatic carbocycles. The molecular weight excluding hydrogens is 349 g/mol. The van der Waals surface area contributed by atoms with Gasteiger partial charge >= 0.3 is 6.36 Å². The van der Waals surface area contributed by atoms with Gasteiger partial charge in [0.05, 0.1) is 9.45 Å². The van der Waals surface area contributed by atoms with Gasteiger partial charge in [-0.25, -0.2) is 0 Å². The van der Waals surface area contributed by atoms with E-state index in [1.165, 1.54) is 0 Å². The van der Waals surface area contributed by atoms with Crippen LogP contribution in [0.4, 0.5) is 13.2 Å². The van der Waals surface area contributed by atoms with Gasteiger partial charge in [-0.3, -0.25) is 4.79 Å². The standard InChI is InChI=1S/C7H4ClF3INO2/c8-2-3-6(12)4(1-5(14)13-3)15-7(9,10)11/h1H,2H2,(H,13,14). The Morgan fingerprint density at radius 2 is 2.13 bits per heavy atom. The lowest BCUT2D eigenvalue weighted by Gasteiger charge is -2.11. The molecule has 3 nitrogen and oxygen atoms in total. The minimum absolute atomic E-state index is 0.0947. The molecule has 1 N–H and O–H groups in total. The molecule has 0 atom stereocenters. The van der Waals surface area contributed by atoms with E-state index in [-0.39, 0.29) is 15.1 Å². The van der Waals surface area contributed by atoms with E-state index in [1.54, 1.807) is 22.6 Å². The zero-order chi connectivity index (χ0) is 11.6. The van der Waals surface area contributed by atoms with Crippen molar-refractivity contribution in [1.29, 1.82) is 0 Å². The molecule has 0 aliphatic rings. The number of aromatic amines is 1. The van der Waals surface area contributed by atoms with E-state index in [2.05, 4.69) is 9.72 Å². The van der Waals surface area contributed by atoms with Crippen molar-refractivity contribution in [2.75, 3.05) is 0 Å². The van der Waals surface area contributed by atoms with Crippen LogP contribution in [0.3, 0.4) is 0 Å². The maximum absolute atomic E-state index is 11.9. The number of aromatic nitrogens is 1. The Bertz CT molecular complexity index is 418. The maximum atomic E-state index is 11.9. The lowest BCUT2D eigenvalue weighted by Crippen LogP contribution is -2.20. The summed E-state index contributed by atoms with van der Waals surface area (Å²) >= 11 is 7.05. The monoisotopic (exact) mass is 353 g/mol. The van der Waals surface area contributed by atoms with E-state index in [9.17, 15) is 18.0 Å². The molecule has 0 bridgehead atoms. The second-order valence-electron chi connectivity index (χ2n) is 2.47. The first-order valence-corrected chi connectivity index (χ1v) is 5.18. The van der Waals surface area contributed by atoms with Crippen LogP contribution in [0.1, 0.15) is 5.69 Å². The Balaban J connectivity index is 3.18. The summed E-state index contributed by atoms with van der Waals surface area (Å²) in [6.07, 6.45) is -4.82. The Kier molecular flexibility index (Phi) is 3.87. The van der Waals surface area contributed by atoms with Gasteiger partial charge in [-0.15, -0.1) is 24.8 Å². The summed E-state index contributed by atoms with van der Waals surface area (Å²) in [7, 11) is 0. The molecule has 15 heavy (non-hydrogen) atoms. The van der Waals surface area contributed by atoms with Crippen molar-refractivity contribution in [2.45, 2.75) is 12.2 Å². The van der Waals surface area contributed by atoms with Crippen LogP contribution >= 0.6 is 34.2 Å². The Hall–Kier alpha value is -0.440. The van der Waals surface area contributed by atoms with E-state index in [1.807, 2.05) is 0 Å². The van der Waals surface area contributed by atoms with E-state index in [0.29, 0.717) is 0 Å². The van der Waals surface area contributed by atoms with Gasteiger partial charge in [-0.1, -0.05) is 0 Å². The fraction of sp³-hybridized carbons (Fsp3) is 0.286. The SMILES string of the molecule is O=c1cc(OC(F)(F)F)c(I)c(CCl)[nH]1. The highest BCUT2D eigenvalue weighted by Crippen LogP contribution is 2.28. The van der Waals surface area contributed by atoms with Crippen LogP contribution in [0.5, 0.6) is 5.75 Å². The summed E-state index contributed by atoms with van der Waals surface area (Å²) < 4.78 is 39.6. The molecule has 0 saturated heterocycles. The van der Waals surface area contributed by atoms with Gasteiger partial charge in [0.2, 0.25) is 0 Å². The topological polar surface area (TPSA) is 42.1 Å². The largest absolute Gasteiger partial charge is 0.573 e. The molecule has 0 amide bonds. The van der Waals surface area contributed by atoms with Crippen LogP contribution in [0.15, 0.2) is 10.9 Å². The fourth-order valence-electron chi connectivity index (χ4n) is 0.862. The summed E-state index contributed by atoms with van der Waals surface area (Å²) in [6, 6.07) is 0.727. The van der Waals surface area contributed by atoms with Gasteiger partial charge in [0.1, 0.15) is 5.75 Å². The predicted octanol–water partition coefficient (Wildman–Crippen LogP) is 2.62. The van der Waals surface area contributed by atoms with Crippen LogP contribution in [-0.4, -0.2) is 11.3 Å². The highest BCUT2D eigenvalue weighted by molar-refractivity contribution is 14.1. The number of hydrogen-bond acceptors (Lipinski definition) is 2. The molecule has 84 valence electrons. The Labute approximate surface area is 101 Å². The zero-order valence-corrected chi connectivity index (χ0v) is 9.90. The molecule has 1 heterocycles. The summed E-state index contributed by atoms with van der Waals surface area (Å²) in [5.74, 6) is -0.634. The number of hydrogen-bond donors (Lipinski definition) is 1. The molecule has 0 spiro atoms. The Morgan fingerprint density at radius 1 is 1.53 bits per heavy atom. The first kappa shape index (κ1) is 12.6. The molecule has 1 rings (SSSR count). The van der Waals surface area contributed by atoms with E-state index in [0.717, 1.165) is 6.07 Å². The molecule has 0 radical (unpaired) electrons. The first-order valence-electron chi connectivity index (χ1n) is 3.57. The van der Waals surface area contributed by atoms with Crippen molar-refractivity contribution in [3.8, 4) is 5.75 Å². The van der Waals surface area contributed by atoms with Crippen molar-refractivity contribution in [2.24, 2.45) is 0 Å². The van der Waals surface area contributed by atoms with Gasteiger partial charge in [0, 0.05) is 11.8 Å². The van der Waals surface area contributed by atoms with Gasteiger partial charge in [0.15, 0.2) is 0 Å². The zero-order valence-electron chi connectivity index (χ0n) is 6.99. The van der Waals surface area contributed by atoms with Crippen molar-refractivity contribution in [3.63, 3.8) is 0 Å². The molecular formula is C7H4ClF3INO2. The number of nitrogens with one attached hydrogen (secondary N) is 1. The van der Waals surface area contributed by atoms with E-state index >= 15 is 0 Å². The normalized spacial score (nSPS) is 11.5. The van der Waals surface area contributed by atoms with Gasteiger partial charge in [-0.05, 0) is 22.6 Å². The first-order chi connectivity index (χ1) is 6.83. The van der Waals surface area contributed by atoms with Crippen LogP contribution in [0.25, 0.3) is 0 Å². The number of halogens is 5. The van der Waals surface area contributed by atoms with Gasteiger partial charge in [-0.2, -0.15) is 0 Å². The van der Waals surface area contributed by atoms with Crippen molar-refractivity contribution in [1.82, 2.24) is 4.98 Å². The average Bonchev–Trinajstić information content (AvgIpc) is 2.08. The quantitative estimate of drug-likeness (QED) is 0.656. The van der Waals surface area contributed by atoms with Gasteiger partial charge in [0.25, 0.3) is 5.56 Å². The van der Waals surface area contributed by atoms with Crippen LogP contribution in [0.2, 0.25) is 0 Å². The highest BCUT2D eigenvalue weighted by Gasteiger charge is 2.32. The third-order valence-electron chi connectivity index (χ3n) is 1.38. The van der Waals surface area contributed by atoms with Crippen LogP contribution < -0.4 is 10.3 Å². The molecule has 0 aliphatic heterocycles. The summed E-state index contributed by atoms with van der Waals surface area (Å²) in [5, 5.41) is 0. The number of H-pyrrole nitrogens is 1. The fourth-order valence-corrected chi connectivity index (χ4v) is 1.88. The highest BCUT2D eigenvalue weighted by atomic mass is 127. The smallest absolute Gasteiger partial charge is 0.404 e. The minimum Gasteiger partial charge on any atom is -0.404 e. The molecule has 0 unspecified atom stereocenters. The minimum atomic E-state index is -4.82. The second kappa shape index (κ2) is 4.60. The van der Waals surface area contributed by atoms with Crippen molar-refractivity contribution >= 4 is 34.2 Å². The third kappa shape index (κ3) is 3.56. The molecule has 1 aromatic rings. The van der Waals surface area contributed by atoms with Crippen molar-refractivity contribution in [3.05, 3.63) is 25.7 Å². The lowest BCUT2D eigenvalue weighted by molar-refractivity contribution is -0.275. The number of ether oxygens (including phenoxy) is 1. The average molecular weight is 353 g/mol. The van der Waals surface area contributed by atoms with E-state index < -0.39 is 17.7 Å². The molecule has 1 aromatic heterocycles. The molecule has 0 saturated carbocycles. The number of pyridine rings is 1. The summed E-state index contributed by atoms with van der Waals surface area (Å²) in [4.78, 5) is 13.3. The number of alkyl halides is 4. The van der Waals surface area contributed by atoms with Crippen LogP contribution in [0, 0.1) is 3.57 Å². The Morgan fingerprint density at radius 3 is 2.60 bits per heavy atom. The molecule has 8 heteroatoms. The molecule has 0 aromatic carbocycles. The van der Waals surface area contributed by atoms with Crippen molar-refractivity contribution < 1.29 is 17.9 Å². The summed E-state index contributed by atoms with van der Waals surface area (Å²) in [6.45, 7) is 0. The molecule has 0 fully saturated rings. The maximum Gasteiger partial charge on any atom is 0.573 e. The predicted molar refractivity (Wildman–Crippen MR) is 56.0 cm³/mol. The van der Waals surface area contributed by atoms with E-state index in [4.69, 9.17) is 11.6 Å². The van der Waals surface area contributed by atoms with Gasteiger partial charge < -0.3 is 9.72 Å². The third-order valence-corrected chi connectivity index (χ3v) is 2.83. The second-order valence-corrected chi connectivity index (χ2v) is 3.82. The lowest BCUT2D eigenvalue weighted by atomic mass is 10.3. The van der Waals surface area contributed by atoms with Crippen LogP contribution in [-0.2, 0) is 5.88 Å². The number of rotatable bonds is 2. The summed E-state index contributed by atoms with van der Waals surface area (Å²) in [5.41, 5.74) is -0.491.